The van der Waals surface area contributed by atoms with Gasteiger partial charge in [0.25, 0.3) is 0 Å². The number of hydrogen-bond acceptors (Lipinski definition) is 0. The van der Waals surface area contributed by atoms with Gasteiger partial charge in [0.05, 0.1) is 0 Å². The molecular formula is C22H23Cl2HfN. The molecule has 0 amide bonds. The van der Waals surface area contributed by atoms with E-state index in [-0.39, 0.29) is 50.7 Å². The zero-order chi connectivity index (χ0) is 16.4. The van der Waals surface area contributed by atoms with E-state index in [0.29, 0.717) is 0 Å². The molecule has 0 atom stereocenters. The van der Waals surface area contributed by atoms with E-state index >= 15 is 0 Å². The van der Waals surface area contributed by atoms with Gasteiger partial charge in [-0.2, -0.15) is 6.08 Å². The van der Waals surface area contributed by atoms with Crippen LogP contribution in [0, 0.1) is 19.9 Å². The van der Waals surface area contributed by atoms with Crippen molar-refractivity contribution in [1.82, 2.24) is 4.57 Å². The number of halogens is 2. The molecule has 0 saturated carbocycles. The van der Waals surface area contributed by atoms with Crippen molar-refractivity contribution in [2.24, 2.45) is 0 Å². The number of aromatic nitrogens is 1. The van der Waals surface area contributed by atoms with Crippen molar-refractivity contribution in [2.45, 2.75) is 34.1 Å². The van der Waals surface area contributed by atoms with Crippen LogP contribution < -0.4 is 24.8 Å². The van der Waals surface area contributed by atoms with Crippen molar-refractivity contribution in [1.29, 1.82) is 0 Å². The number of rotatable bonds is 1. The second-order valence-corrected chi connectivity index (χ2v) is 6.22. The minimum absolute atomic E-state index is 0. The second kappa shape index (κ2) is 11.0. The number of fused-ring (bicyclic) bond motifs is 1. The van der Waals surface area contributed by atoms with E-state index in [1.165, 1.54) is 38.7 Å². The third-order valence-electron chi connectivity index (χ3n) is 4.58. The van der Waals surface area contributed by atoms with Crippen LogP contribution in [-0.4, -0.2) is 4.57 Å². The van der Waals surface area contributed by atoms with Crippen LogP contribution in [0.15, 0.2) is 66.0 Å². The van der Waals surface area contributed by atoms with Gasteiger partial charge in [0, 0.05) is 12.4 Å². The van der Waals surface area contributed by atoms with Crippen molar-refractivity contribution in [3.63, 3.8) is 0 Å². The summed E-state index contributed by atoms with van der Waals surface area (Å²) < 4.78 is 2.15. The minimum Gasteiger partial charge on any atom is -1.00 e. The van der Waals surface area contributed by atoms with Crippen LogP contribution in [-0.2, 0) is 25.8 Å². The number of hydrogen-bond donors (Lipinski definition) is 0. The fourth-order valence-electron chi connectivity index (χ4n) is 2.88. The van der Waals surface area contributed by atoms with Crippen LogP contribution in [0.4, 0.5) is 0 Å². The van der Waals surface area contributed by atoms with Crippen LogP contribution >= 0.6 is 0 Å². The number of nitrogens with zero attached hydrogens (tertiary/aromatic N) is 1. The van der Waals surface area contributed by atoms with Gasteiger partial charge in [0.1, 0.15) is 0 Å². The Kier molecular flexibility index (Phi) is 10.6. The van der Waals surface area contributed by atoms with Gasteiger partial charge in [-0.1, -0.05) is 25.5 Å². The van der Waals surface area contributed by atoms with E-state index in [1.807, 2.05) is 0 Å². The maximum Gasteiger partial charge on any atom is 4.00 e. The molecule has 0 spiro atoms. The Morgan fingerprint density at radius 2 is 1.58 bits per heavy atom. The van der Waals surface area contributed by atoms with E-state index in [0.717, 1.165) is 6.42 Å². The van der Waals surface area contributed by atoms with E-state index in [2.05, 4.69) is 93.2 Å². The molecule has 4 heteroatoms. The van der Waals surface area contributed by atoms with Crippen LogP contribution in [0.5, 0.6) is 0 Å². The van der Waals surface area contributed by atoms with Crippen LogP contribution in [0.2, 0.25) is 0 Å². The Morgan fingerprint density at radius 3 is 2.04 bits per heavy atom. The largest absolute Gasteiger partial charge is 4.00 e. The first-order valence-corrected chi connectivity index (χ1v) is 8.11. The van der Waals surface area contributed by atoms with E-state index in [9.17, 15) is 0 Å². The summed E-state index contributed by atoms with van der Waals surface area (Å²) >= 11 is 0. The Bertz CT molecular complexity index is 831. The quantitative estimate of drug-likeness (QED) is 0.298. The van der Waals surface area contributed by atoms with Crippen molar-refractivity contribution in [3.05, 3.63) is 83.2 Å². The molecule has 4 rings (SSSR count). The summed E-state index contributed by atoms with van der Waals surface area (Å²) in [4.78, 5) is 0. The predicted molar refractivity (Wildman–Crippen MR) is 99.1 cm³/mol. The molecule has 1 aromatic heterocycles. The first-order chi connectivity index (χ1) is 11.1. The molecule has 1 aliphatic carbocycles. The normalized spacial score (nSPS) is 12.0. The average molecular weight is 551 g/mol. The SMILES string of the molecule is CC1=[C-]CC=C1C.Cc1ccc(C)c2[cH-]c(-n3cccc3)cc12.[Cl-].[Cl-].[Hf+4]. The van der Waals surface area contributed by atoms with E-state index in [1.54, 1.807) is 0 Å². The molecular weight excluding hydrogens is 528 g/mol. The molecule has 1 nitrogen and oxygen atoms in total. The maximum atomic E-state index is 3.19. The summed E-state index contributed by atoms with van der Waals surface area (Å²) in [6, 6.07) is 13.0. The molecule has 1 aliphatic rings. The molecule has 3 aromatic rings. The van der Waals surface area contributed by atoms with Gasteiger partial charge in [-0.05, 0) is 24.7 Å². The summed E-state index contributed by atoms with van der Waals surface area (Å²) in [5.74, 6) is 0. The zero-order valence-electron chi connectivity index (χ0n) is 15.6. The molecule has 1 heterocycles. The maximum absolute atomic E-state index is 3.19. The number of benzene rings is 1. The summed E-state index contributed by atoms with van der Waals surface area (Å²) in [5, 5.41) is 2.73. The third kappa shape index (κ3) is 5.52. The first kappa shape index (κ1) is 25.0. The Balaban J connectivity index is 0.000000542. The van der Waals surface area contributed by atoms with E-state index in [4.69, 9.17) is 0 Å². The average Bonchev–Trinajstić information content (AvgIpc) is 3.25. The molecule has 0 aliphatic heterocycles. The van der Waals surface area contributed by atoms with Crippen LogP contribution in [0.25, 0.3) is 16.5 Å². The van der Waals surface area contributed by atoms with Crippen molar-refractivity contribution in [2.75, 3.05) is 0 Å². The monoisotopic (exact) mass is 551 g/mol. The summed E-state index contributed by atoms with van der Waals surface area (Å²) in [7, 11) is 0. The van der Waals surface area contributed by atoms with Gasteiger partial charge < -0.3 is 29.4 Å². The van der Waals surface area contributed by atoms with Gasteiger partial charge in [-0.3, -0.25) is 6.08 Å². The molecule has 26 heavy (non-hydrogen) atoms. The number of aryl methyl sites for hydroxylation is 2. The number of allylic oxidation sites excluding steroid dienone is 4. The molecule has 0 N–H and O–H groups in total. The van der Waals surface area contributed by atoms with Gasteiger partial charge in [-0.25, -0.2) is 11.1 Å². The molecule has 0 unspecified atom stereocenters. The standard InChI is InChI=1S/C15H14N.C7H9.2ClH.Hf/c1-11-5-6-12(2)15-10-13(9-14(11)15)16-7-3-4-8-16;1-6-4-3-5-7(6)2;;;/h3-10H,1-2H3;4H,3H2,1-2H3;2*1H;/q2*-1;;;+4/p-2. The smallest absolute Gasteiger partial charge is 1.00 e. The van der Waals surface area contributed by atoms with E-state index < -0.39 is 0 Å². The molecule has 134 valence electrons. The topological polar surface area (TPSA) is 4.93 Å². The van der Waals surface area contributed by atoms with Gasteiger partial charge >= 0.3 is 25.8 Å². The molecule has 0 bridgehead atoms. The van der Waals surface area contributed by atoms with Crippen molar-refractivity contribution >= 4 is 10.8 Å². The minimum atomic E-state index is 0. The van der Waals surface area contributed by atoms with Gasteiger partial charge in [-0.15, -0.1) is 47.9 Å². The zero-order valence-corrected chi connectivity index (χ0v) is 20.7. The molecule has 0 saturated heterocycles. The molecule has 0 radical (unpaired) electrons. The van der Waals surface area contributed by atoms with Crippen molar-refractivity contribution < 1.29 is 50.7 Å². The molecule has 0 fully saturated rings. The summed E-state index contributed by atoms with van der Waals surface area (Å²) in [5.41, 5.74) is 6.65. The fourth-order valence-corrected chi connectivity index (χ4v) is 2.88. The van der Waals surface area contributed by atoms with Crippen molar-refractivity contribution in [3.8, 4) is 5.69 Å². The van der Waals surface area contributed by atoms with Gasteiger partial charge in [0.15, 0.2) is 0 Å². The molecule has 2 aromatic carbocycles. The summed E-state index contributed by atoms with van der Waals surface area (Å²) in [6.07, 6.45) is 10.6. The summed E-state index contributed by atoms with van der Waals surface area (Å²) in [6.45, 7) is 8.55. The Labute approximate surface area is 188 Å². The predicted octanol–water partition coefficient (Wildman–Crippen LogP) is 0.0576. The second-order valence-electron chi connectivity index (χ2n) is 6.22. The fraction of sp³-hybridized carbons (Fsp3) is 0.227. The third-order valence-corrected chi connectivity index (χ3v) is 4.58. The van der Waals surface area contributed by atoms with Crippen LogP contribution in [0.3, 0.4) is 0 Å². The van der Waals surface area contributed by atoms with Gasteiger partial charge in [0.2, 0.25) is 0 Å². The first-order valence-electron chi connectivity index (χ1n) is 8.11. The Morgan fingerprint density at radius 1 is 0.962 bits per heavy atom. The Hall–Kier alpha value is -0.960. The van der Waals surface area contributed by atoms with Crippen LogP contribution in [0.1, 0.15) is 31.4 Å².